The van der Waals surface area contributed by atoms with Crippen molar-refractivity contribution >= 4 is 185 Å². The molecule has 714 valence electrons. The predicted molar refractivity (Wildman–Crippen MR) is 520 cm³/mol. The summed E-state index contributed by atoms with van der Waals surface area (Å²) in [6.07, 6.45) is 5.38. The summed E-state index contributed by atoms with van der Waals surface area (Å²) in [5.41, 5.74) is 51.3. The normalized spacial score (nSPS) is 12.0. The minimum atomic E-state index is -0.599. The number of halogens is 5. The maximum atomic E-state index is 11.7. The number of aromatic nitrogens is 10. The molecule has 0 saturated carbocycles. The van der Waals surface area contributed by atoms with Crippen LogP contribution in [0.2, 0.25) is 0 Å². The van der Waals surface area contributed by atoms with Gasteiger partial charge in [-0.2, -0.15) is 4.99 Å². The van der Waals surface area contributed by atoms with Crippen LogP contribution in [0.15, 0.2) is 187 Å². The number of oxime groups is 2. The Hall–Kier alpha value is -13.3. The summed E-state index contributed by atoms with van der Waals surface area (Å²) in [7, 11) is 1.62. The van der Waals surface area contributed by atoms with Gasteiger partial charge in [0.15, 0.2) is 69.8 Å². The lowest BCUT2D eigenvalue weighted by molar-refractivity contribution is -0.117. The Bertz CT molecular complexity index is 5730. The van der Waals surface area contributed by atoms with Crippen molar-refractivity contribution in [2.24, 2.45) is 84.7 Å². The predicted octanol–water partition coefficient (Wildman–Crippen LogP) is 11.3. The Morgan fingerprint density at radius 2 is 0.797 bits per heavy atom. The Balaban J connectivity index is 0.000000256. The molecule has 0 aliphatic rings. The Labute approximate surface area is 806 Å². The van der Waals surface area contributed by atoms with E-state index in [0.717, 1.165) is 67.7 Å². The number of guanidine groups is 4. The molecule has 0 aliphatic heterocycles. The van der Waals surface area contributed by atoms with Crippen molar-refractivity contribution in [1.82, 2.24) is 78.6 Å². The van der Waals surface area contributed by atoms with E-state index in [1.54, 1.807) is 40.8 Å². The lowest BCUT2D eigenvalue weighted by Gasteiger charge is -2.17. The number of hydrogen-bond acceptors (Lipinski definition) is 35. The molecule has 10 aromatic rings. The van der Waals surface area contributed by atoms with Crippen molar-refractivity contribution in [3.05, 3.63) is 192 Å². The van der Waals surface area contributed by atoms with Gasteiger partial charge in [0.05, 0.1) is 17.1 Å². The van der Waals surface area contributed by atoms with E-state index in [-0.39, 0.29) is 58.4 Å². The first-order valence-electron chi connectivity index (χ1n) is 40.5. The van der Waals surface area contributed by atoms with E-state index in [4.69, 9.17) is 62.3 Å². The number of nitrogens with zero attached hydrogens (tertiary/aromatic N) is 20. The molecule has 0 saturated heterocycles. The SMILES string of the molecule is CC(=O)NC(N)=NCCCNc1nonc1C(=Nc1ccc(C)c(Br)c1)NO.CC(CCCNc1nonc1C(=Nc1ccc(C)c(Br)c1)NO)=NC(=O)OC(C)(C)C.CN=C(N)NCCCc1nonc1/C(Cc1ccc(C)c(Br)c1)=N/O.Cc1ccc(C/C(=N\O)c2nonc2CCCN=C(N)N)cc1Br.Cc1ccc(N=C(NO)c2nonc2NCCCN=C(N)N)cc1Br. The molecule has 0 fully saturated rings. The largest absolute Gasteiger partial charge is 0.442 e. The monoisotopic (exact) mass is 2160 g/mol. The molecule has 5 aromatic carbocycles. The summed E-state index contributed by atoms with van der Waals surface area (Å²) >= 11 is 17.3. The van der Waals surface area contributed by atoms with Crippen LogP contribution in [0, 0.1) is 34.6 Å². The van der Waals surface area contributed by atoms with Gasteiger partial charge in [-0.25, -0.2) is 42.9 Å². The maximum Gasteiger partial charge on any atom is 0.434 e. The zero-order valence-corrected chi connectivity index (χ0v) is 82.4. The highest BCUT2D eigenvalue weighted by molar-refractivity contribution is 9.11. The zero-order chi connectivity index (χ0) is 97.5. The van der Waals surface area contributed by atoms with Crippen molar-refractivity contribution < 1.29 is 63.5 Å². The van der Waals surface area contributed by atoms with Gasteiger partial charge in [-0.3, -0.25) is 62.1 Å². The van der Waals surface area contributed by atoms with Gasteiger partial charge in [0.1, 0.15) is 28.4 Å². The second kappa shape index (κ2) is 57.1. The Kier molecular flexibility index (Phi) is 46.6. The molecule has 52 heteroatoms. The molecule has 5 aromatic heterocycles. The first-order chi connectivity index (χ1) is 63.5. The molecule has 0 radical (unpaired) electrons. The number of hydrogen-bond donors (Lipinski definition) is 19. The minimum Gasteiger partial charge on any atom is -0.442 e. The molecule has 0 bridgehead atoms. The number of amides is 2. The van der Waals surface area contributed by atoms with Crippen molar-refractivity contribution in [2.75, 3.05) is 68.8 Å². The average molecular weight is 2160 g/mol. The highest BCUT2D eigenvalue weighted by atomic mass is 79.9. The third-order valence-electron chi connectivity index (χ3n) is 17.6. The first-order valence-corrected chi connectivity index (χ1v) is 44.4. The second-order valence-corrected chi connectivity index (χ2v) is 33.6. The van der Waals surface area contributed by atoms with Crippen LogP contribution in [0.5, 0.6) is 0 Å². The molecule has 5 heterocycles. The number of carbonyl (C=O) groups excluding carboxylic acids is 2. The van der Waals surface area contributed by atoms with Crippen molar-refractivity contribution in [3.8, 4) is 0 Å². The smallest absolute Gasteiger partial charge is 0.434 e. The van der Waals surface area contributed by atoms with Crippen LogP contribution in [0.1, 0.15) is 152 Å². The molecule has 25 N–H and O–H groups in total. The summed E-state index contributed by atoms with van der Waals surface area (Å²) in [6.45, 7) is 21.9. The third kappa shape index (κ3) is 39.0. The van der Waals surface area contributed by atoms with E-state index in [1.165, 1.54) is 6.92 Å². The van der Waals surface area contributed by atoms with Gasteiger partial charge in [-0.05, 0) is 242 Å². The Morgan fingerprint density at radius 1 is 0.444 bits per heavy atom. The quantitative estimate of drug-likeness (QED) is 0.00577. The number of nitrogens with two attached hydrogens (primary N) is 6. The molecule has 10 rings (SSSR count). The van der Waals surface area contributed by atoms with Crippen LogP contribution in [0.25, 0.3) is 0 Å². The molecule has 47 nitrogen and oxygen atoms in total. The summed E-state index contributed by atoms with van der Waals surface area (Å²) in [5, 5.41) is 107. The number of nitrogens with one attached hydrogen (secondary N) is 8. The third-order valence-corrected chi connectivity index (χ3v) is 21.9. The number of aliphatic imine (C=N–C) groups is 8. The Morgan fingerprint density at radius 3 is 1.15 bits per heavy atom. The van der Waals surface area contributed by atoms with Crippen LogP contribution < -0.4 is 77.4 Å². The second-order valence-electron chi connectivity index (χ2n) is 29.4. The fraction of sp³-hybridized carbons (Fsp3) is 0.358. The van der Waals surface area contributed by atoms with E-state index in [9.17, 15) is 35.6 Å². The van der Waals surface area contributed by atoms with Crippen molar-refractivity contribution in [3.63, 3.8) is 0 Å². The van der Waals surface area contributed by atoms with Gasteiger partial charge in [-0.15, -0.1) is 0 Å². The van der Waals surface area contributed by atoms with Gasteiger partial charge >= 0.3 is 6.09 Å². The highest BCUT2D eigenvalue weighted by Gasteiger charge is 2.24. The minimum absolute atomic E-state index is 0.0481. The van der Waals surface area contributed by atoms with E-state index in [2.05, 4.69) is 208 Å². The average Bonchev–Trinajstić information content (AvgIpc) is 1.73. The zero-order valence-electron chi connectivity index (χ0n) is 74.5. The van der Waals surface area contributed by atoms with Crippen LogP contribution in [-0.4, -0.2) is 207 Å². The number of amidine groups is 3. The summed E-state index contributed by atoms with van der Waals surface area (Å²) in [4.78, 5) is 55.1. The van der Waals surface area contributed by atoms with Crippen molar-refractivity contribution in [2.45, 2.75) is 139 Å². The molecule has 0 unspecified atom stereocenters. The number of anilines is 3. The molecular formula is C81H107Br5N34O13. The van der Waals surface area contributed by atoms with E-state index >= 15 is 0 Å². The maximum absolute atomic E-state index is 11.7. The van der Waals surface area contributed by atoms with E-state index < -0.39 is 11.7 Å². The fourth-order valence-electron chi connectivity index (χ4n) is 10.8. The van der Waals surface area contributed by atoms with Crippen LogP contribution in [-0.2, 0) is 35.2 Å². The van der Waals surface area contributed by atoms with Crippen molar-refractivity contribution in [1.29, 1.82) is 0 Å². The number of ether oxygens (including phenoxy) is 1. The number of carbonyl (C=O) groups is 2. The lowest BCUT2D eigenvalue weighted by Crippen LogP contribution is -2.35. The number of benzene rings is 5. The van der Waals surface area contributed by atoms with Gasteiger partial charge < -0.3 is 70.8 Å². The first kappa shape index (κ1) is 108. The van der Waals surface area contributed by atoms with Crippen LogP contribution >= 0.6 is 79.6 Å². The molecule has 0 atom stereocenters. The molecule has 0 spiro atoms. The molecule has 2 amide bonds. The molecule has 133 heavy (non-hydrogen) atoms. The van der Waals surface area contributed by atoms with Gasteiger partial charge in [0.2, 0.25) is 23.4 Å². The summed E-state index contributed by atoms with van der Waals surface area (Å²) in [6, 6.07) is 28.5. The van der Waals surface area contributed by atoms with Crippen LogP contribution in [0.4, 0.5) is 39.3 Å². The highest BCUT2D eigenvalue weighted by Crippen LogP contribution is 2.29. The van der Waals surface area contributed by atoms with Gasteiger partial charge in [0, 0.05) is 101 Å². The van der Waals surface area contributed by atoms with E-state index in [1.807, 2.05) is 136 Å². The standard InChI is InChI=1S/C20H27BrN6O4.C16H21BrN8O3.C16H21BrN6O2.C15H19BrN6O2.C14H19BrN8O2/c1-12-8-9-14(11-15(12)21)24-18(25-29)16-17(27-31-26-16)22-10-6-7-13(2)23-19(28)30-20(3,4)5;1-9-4-5-11(8-12(9)17)22-15(23-27)13-14(25-28-24-13)19-6-3-7-20-16(18)21-10(2)26;1-10-5-6-11(8-12(10)17)9-14(21-24)15-13(22-25-23-15)4-3-7-20-16(18)19-2;1-9-4-5-10(7-11(9)16)8-13(20-23)14-12(21-24-22-14)3-2-6-19-15(17)18;1-8-3-4-9(7-10(8)15)20-13(21-24)11-12(23-25-22-11)18-5-2-6-19-14(16)17/h8-9,11,29H,6-7,10H2,1-5H3,(H,22,27)(H,24,25);4-5,8,27H,3,6-7H2,1-2H3,(H,19,25)(H,22,23)(H3,18,20,21,26);5-6,8,24H,3-4,7,9H2,1-2H3,(H3,18,19,20);4-5,7,23H,2-3,6,8H2,1H3,(H4,17,18,19);3-4,7,24H,2,5-6H2,1H3,(H,18,23)(H,20,21)(H4,16,17,19)/b;;21-14+;20-13+;. The summed E-state index contributed by atoms with van der Waals surface area (Å²) < 4.78 is 33.8. The topological polar surface area (TPSA) is 715 Å². The number of rotatable bonds is 35. The number of hydroxylamine groups is 3. The van der Waals surface area contributed by atoms with E-state index in [0.29, 0.717) is 184 Å². The molecule has 0 aliphatic carbocycles. The lowest BCUT2D eigenvalue weighted by atomic mass is 10.0. The number of aryl methyl sites for hydroxylation is 7. The molecular weight excluding hydrogens is 2060 g/mol. The van der Waals surface area contributed by atoms with Crippen LogP contribution in [0.3, 0.4) is 0 Å². The summed E-state index contributed by atoms with van der Waals surface area (Å²) in [5.74, 6) is 1.53. The fourth-order valence-corrected chi connectivity index (χ4v) is 12.7. The van der Waals surface area contributed by atoms with Gasteiger partial charge in [0.25, 0.3) is 0 Å². The van der Waals surface area contributed by atoms with Gasteiger partial charge in [-0.1, -0.05) is 143 Å².